The average Bonchev–Trinajstić information content (AvgIpc) is 3.37. The lowest BCUT2D eigenvalue weighted by Gasteiger charge is -2.12. The van der Waals surface area contributed by atoms with Crippen LogP contribution in [0, 0.1) is 0 Å². The van der Waals surface area contributed by atoms with Gasteiger partial charge in [0.1, 0.15) is 0 Å². The third-order valence-electron chi connectivity index (χ3n) is 4.18. The number of aryl methyl sites for hydroxylation is 1. The Morgan fingerprint density at radius 2 is 2.04 bits per heavy atom. The molecule has 1 heterocycles. The van der Waals surface area contributed by atoms with Crippen molar-refractivity contribution in [2.45, 2.75) is 37.9 Å². The summed E-state index contributed by atoms with van der Waals surface area (Å²) in [7, 11) is 0. The number of benzene rings is 1. The van der Waals surface area contributed by atoms with Crippen LogP contribution in [0.2, 0.25) is 10.0 Å². The monoisotopic (exact) mass is 514 g/mol. The molecule has 0 amide bonds. The molecule has 1 fully saturated rings. The number of nitrogens with zero attached hydrogens (tertiary/aromatic N) is 2. The van der Waals surface area contributed by atoms with Crippen molar-refractivity contribution >= 4 is 62.1 Å². The molecule has 11 heteroatoms. The van der Waals surface area contributed by atoms with Crippen molar-refractivity contribution in [3.63, 3.8) is 0 Å². The first kappa shape index (κ1) is 21.7. The van der Waals surface area contributed by atoms with Gasteiger partial charge in [0.2, 0.25) is 0 Å². The molecule has 0 spiro atoms. The molecule has 0 radical (unpaired) electrons. The highest BCUT2D eigenvalue weighted by Gasteiger charge is 2.41. The van der Waals surface area contributed by atoms with Crippen LogP contribution in [0.1, 0.15) is 36.6 Å². The molecule has 0 bridgehead atoms. The minimum Gasteiger partial charge on any atom is -0.362 e. The molecule has 1 aliphatic rings. The van der Waals surface area contributed by atoms with Crippen molar-refractivity contribution in [3.05, 3.63) is 44.1 Å². The first-order valence-corrected chi connectivity index (χ1v) is 10.5. The lowest BCUT2D eigenvalue weighted by atomic mass is 10.2. The third-order valence-corrected chi connectivity index (χ3v) is 5.60. The van der Waals surface area contributed by atoms with Gasteiger partial charge in [0.25, 0.3) is 0 Å². The summed E-state index contributed by atoms with van der Waals surface area (Å²) >= 11 is 20.6. The molecule has 0 unspecified atom stereocenters. The van der Waals surface area contributed by atoms with Gasteiger partial charge in [-0.1, -0.05) is 39.1 Å². The van der Waals surface area contributed by atoms with E-state index in [0.717, 1.165) is 17.3 Å². The van der Waals surface area contributed by atoms with Gasteiger partial charge in [0, 0.05) is 23.5 Å². The number of hydrogen-bond donors (Lipinski definition) is 2. The first-order valence-electron chi connectivity index (χ1n) is 8.50. The number of rotatable bonds is 6. The topological polar surface area (TPSA) is 41.9 Å². The van der Waals surface area contributed by atoms with Gasteiger partial charge >= 0.3 is 6.18 Å². The van der Waals surface area contributed by atoms with E-state index in [-0.39, 0.29) is 10.9 Å². The maximum Gasteiger partial charge on any atom is 0.436 e. The van der Waals surface area contributed by atoms with E-state index in [1.165, 1.54) is 4.68 Å². The Kier molecular flexibility index (Phi) is 6.79. The molecule has 28 heavy (non-hydrogen) atoms. The second-order valence-electron chi connectivity index (χ2n) is 6.40. The molecule has 1 aromatic heterocycles. The molecule has 2 aromatic rings. The van der Waals surface area contributed by atoms with Crippen LogP contribution in [0.5, 0.6) is 0 Å². The van der Waals surface area contributed by atoms with Gasteiger partial charge in [-0.05, 0) is 49.7 Å². The Morgan fingerprint density at radius 1 is 1.32 bits per heavy atom. The number of hydrogen-bond acceptors (Lipinski definition) is 2. The number of anilines is 1. The fraction of sp³-hybridized carbons (Fsp3) is 0.412. The quantitative estimate of drug-likeness (QED) is 0.353. The zero-order chi connectivity index (χ0) is 20.5. The minimum atomic E-state index is -4.56. The van der Waals surface area contributed by atoms with Crippen molar-refractivity contribution in [2.75, 3.05) is 11.9 Å². The molecule has 0 aliphatic heterocycles. The smallest absolute Gasteiger partial charge is 0.362 e. The minimum absolute atomic E-state index is 0.0614. The lowest BCUT2D eigenvalue weighted by molar-refractivity contribution is -0.141. The molecule has 3 rings (SSSR count). The highest BCUT2D eigenvalue weighted by Crippen LogP contribution is 2.46. The number of aromatic nitrogens is 2. The van der Waals surface area contributed by atoms with Crippen LogP contribution in [0.15, 0.2) is 22.7 Å². The van der Waals surface area contributed by atoms with E-state index < -0.39 is 11.9 Å². The van der Waals surface area contributed by atoms with E-state index in [0.29, 0.717) is 41.0 Å². The van der Waals surface area contributed by atoms with Crippen molar-refractivity contribution in [1.82, 2.24) is 15.1 Å². The predicted molar refractivity (Wildman–Crippen MR) is 112 cm³/mol. The normalized spacial score (nSPS) is 14.2. The van der Waals surface area contributed by atoms with Crippen molar-refractivity contribution in [2.24, 2.45) is 0 Å². The van der Waals surface area contributed by atoms with Crippen LogP contribution < -0.4 is 10.6 Å². The molecular formula is C17H16BrCl2F3N4S. The summed E-state index contributed by atoms with van der Waals surface area (Å²) in [6.07, 6.45) is -2.35. The fourth-order valence-electron chi connectivity index (χ4n) is 2.74. The summed E-state index contributed by atoms with van der Waals surface area (Å²) in [6, 6.07) is 5.36. The molecule has 1 aromatic carbocycles. The fourth-order valence-corrected chi connectivity index (χ4v) is 4.07. The highest BCUT2D eigenvalue weighted by atomic mass is 79.9. The number of nitrogens with one attached hydrogen (secondary N) is 2. The van der Waals surface area contributed by atoms with E-state index in [1.54, 1.807) is 12.1 Å². The second-order valence-corrected chi connectivity index (χ2v) is 8.51. The number of halogens is 6. The van der Waals surface area contributed by atoms with Crippen molar-refractivity contribution in [3.8, 4) is 0 Å². The maximum absolute atomic E-state index is 13.1. The van der Waals surface area contributed by atoms with Crippen LogP contribution in [0.4, 0.5) is 18.9 Å². The van der Waals surface area contributed by atoms with E-state index >= 15 is 0 Å². The first-order chi connectivity index (χ1) is 13.2. The molecular weight excluding hydrogens is 500 g/mol. The standard InChI is InChI=1S/C17H16BrCl2F3N4S/c18-10-4-5-12(11(19)8-10)25-16(28)24-6-1-7-27-14(9-2-3-9)13(20)15(26-27)17(21,22)23/h4-5,8-9H,1-3,6-7H2,(H2,24,25,28). The Balaban J connectivity index is 1.54. The summed E-state index contributed by atoms with van der Waals surface area (Å²) in [5, 5.41) is 10.3. The molecule has 1 saturated carbocycles. The van der Waals surface area contributed by atoms with Crippen molar-refractivity contribution in [1.29, 1.82) is 0 Å². The summed E-state index contributed by atoms with van der Waals surface area (Å²) < 4.78 is 41.5. The number of alkyl halides is 3. The Bertz CT molecular complexity index is 884. The van der Waals surface area contributed by atoms with Gasteiger partial charge in [0.15, 0.2) is 10.8 Å². The SMILES string of the molecule is FC(F)(F)c1nn(CCCNC(=S)Nc2ccc(Br)cc2Cl)c(C2CC2)c1Cl. The van der Waals surface area contributed by atoms with Gasteiger partial charge in [-0.3, -0.25) is 4.68 Å². The summed E-state index contributed by atoms with van der Waals surface area (Å²) in [6.45, 7) is 0.777. The Hall–Kier alpha value is -1.03. The van der Waals surface area contributed by atoms with E-state index in [1.807, 2.05) is 6.07 Å². The molecule has 4 nitrogen and oxygen atoms in total. The van der Waals surface area contributed by atoms with Crippen LogP contribution in [-0.4, -0.2) is 21.4 Å². The molecule has 1 aliphatic carbocycles. The van der Waals surface area contributed by atoms with E-state index in [4.69, 9.17) is 35.4 Å². The highest BCUT2D eigenvalue weighted by molar-refractivity contribution is 9.10. The third kappa shape index (κ3) is 5.31. The average molecular weight is 516 g/mol. The summed E-state index contributed by atoms with van der Waals surface area (Å²) in [4.78, 5) is 0. The lowest BCUT2D eigenvalue weighted by Crippen LogP contribution is -2.30. The van der Waals surface area contributed by atoms with E-state index in [2.05, 4.69) is 31.7 Å². The molecule has 0 atom stereocenters. The van der Waals surface area contributed by atoms with Gasteiger partial charge in [-0.15, -0.1) is 0 Å². The van der Waals surface area contributed by atoms with E-state index in [9.17, 15) is 13.2 Å². The Morgan fingerprint density at radius 3 is 2.64 bits per heavy atom. The summed E-state index contributed by atoms with van der Waals surface area (Å²) in [5.41, 5.74) is 0.134. The zero-order valence-corrected chi connectivity index (χ0v) is 18.3. The number of thiocarbonyl (C=S) groups is 1. The van der Waals surface area contributed by atoms with Crippen LogP contribution >= 0.6 is 51.3 Å². The van der Waals surface area contributed by atoms with Crippen LogP contribution in [0.3, 0.4) is 0 Å². The zero-order valence-electron chi connectivity index (χ0n) is 14.4. The summed E-state index contributed by atoms with van der Waals surface area (Å²) in [5.74, 6) is 0.0614. The largest absolute Gasteiger partial charge is 0.436 e. The Labute approximate surface area is 183 Å². The van der Waals surface area contributed by atoms with Gasteiger partial charge in [-0.2, -0.15) is 18.3 Å². The van der Waals surface area contributed by atoms with Gasteiger partial charge < -0.3 is 10.6 Å². The molecule has 0 saturated heterocycles. The van der Waals surface area contributed by atoms with Gasteiger partial charge in [0.05, 0.1) is 21.4 Å². The van der Waals surface area contributed by atoms with Crippen molar-refractivity contribution < 1.29 is 13.2 Å². The van der Waals surface area contributed by atoms with Gasteiger partial charge in [-0.25, -0.2) is 0 Å². The van der Waals surface area contributed by atoms with Crippen LogP contribution in [0.25, 0.3) is 0 Å². The predicted octanol–water partition coefficient (Wildman–Crippen LogP) is 6.23. The maximum atomic E-state index is 13.1. The molecule has 152 valence electrons. The second kappa shape index (κ2) is 8.77. The molecule has 2 N–H and O–H groups in total. The van der Waals surface area contributed by atoms with Crippen LogP contribution in [-0.2, 0) is 12.7 Å².